The molecule has 0 aliphatic rings. The molecule has 0 amide bonds. The third kappa shape index (κ3) is 4.63. The van der Waals surface area contributed by atoms with Crippen LogP contribution in [0.1, 0.15) is 20.7 Å². The molecule has 0 aromatic heterocycles. The van der Waals surface area contributed by atoms with E-state index in [1.165, 1.54) is 0 Å². The molecule has 4 aromatic carbocycles. The van der Waals surface area contributed by atoms with Gasteiger partial charge in [0.15, 0.2) is 0 Å². The molecular formula is C22H6Br8O3. The van der Waals surface area contributed by atoms with Crippen molar-refractivity contribution in [1.29, 1.82) is 0 Å². The standard InChI is InChI=1S/C22H6Br8O3/c23-9-5-1-3-7-11(9)15(25)19(29)17(27)13(7)21(31)33-22(32)14-8-4-2-6-10(24)12(8)16(26)20(30)18(14)28/h1-6H. The van der Waals surface area contributed by atoms with E-state index in [1.807, 2.05) is 24.3 Å². The summed E-state index contributed by atoms with van der Waals surface area (Å²) >= 11 is 28.1. The smallest absolute Gasteiger partial charge is 0.347 e. The molecule has 11 heteroatoms. The fourth-order valence-electron chi connectivity index (χ4n) is 3.36. The van der Waals surface area contributed by atoms with E-state index in [-0.39, 0.29) is 11.1 Å². The number of hydrogen-bond acceptors (Lipinski definition) is 3. The number of fused-ring (bicyclic) bond motifs is 2. The van der Waals surface area contributed by atoms with Crippen molar-refractivity contribution in [2.45, 2.75) is 0 Å². The van der Waals surface area contributed by atoms with Crippen molar-refractivity contribution in [3.8, 4) is 0 Å². The Kier molecular flexibility index (Phi) is 8.33. The Morgan fingerprint density at radius 3 is 1.24 bits per heavy atom. The Labute approximate surface area is 255 Å². The Morgan fingerprint density at radius 2 is 0.879 bits per heavy atom. The van der Waals surface area contributed by atoms with Crippen molar-refractivity contribution in [1.82, 2.24) is 0 Å². The summed E-state index contributed by atoms with van der Waals surface area (Å²) < 4.78 is 10.7. The molecule has 0 atom stereocenters. The summed E-state index contributed by atoms with van der Waals surface area (Å²) in [5, 5.41) is 2.78. The van der Waals surface area contributed by atoms with E-state index in [4.69, 9.17) is 4.74 Å². The van der Waals surface area contributed by atoms with Crippen LogP contribution in [0.4, 0.5) is 0 Å². The van der Waals surface area contributed by atoms with Crippen molar-refractivity contribution >= 4 is 161 Å². The van der Waals surface area contributed by atoms with Crippen molar-refractivity contribution in [2.24, 2.45) is 0 Å². The van der Waals surface area contributed by atoms with Gasteiger partial charge in [-0.3, -0.25) is 0 Å². The Morgan fingerprint density at radius 1 is 0.515 bits per heavy atom. The van der Waals surface area contributed by atoms with Gasteiger partial charge in [0.25, 0.3) is 0 Å². The zero-order chi connectivity index (χ0) is 24.2. The van der Waals surface area contributed by atoms with Gasteiger partial charge in [0, 0.05) is 46.6 Å². The van der Waals surface area contributed by atoms with Gasteiger partial charge in [-0.05, 0) is 118 Å². The second-order valence-electron chi connectivity index (χ2n) is 6.64. The maximum Gasteiger partial charge on any atom is 0.347 e. The topological polar surface area (TPSA) is 43.4 Å². The van der Waals surface area contributed by atoms with E-state index in [0.717, 1.165) is 28.7 Å². The van der Waals surface area contributed by atoms with Gasteiger partial charge in [0.2, 0.25) is 0 Å². The molecular weight excluding hydrogens is 951 g/mol. The molecule has 33 heavy (non-hydrogen) atoms. The zero-order valence-corrected chi connectivity index (χ0v) is 28.4. The predicted molar refractivity (Wildman–Crippen MR) is 159 cm³/mol. The van der Waals surface area contributed by atoms with Crippen LogP contribution in [0.2, 0.25) is 0 Å². The molecule has 4 aromatic rings. The molecule has 0 N–H and O–H groups in total. The SMILES string of the molecule is O=C(OC(=O)c1c(Br)c(Br)c(Br)c2c(Br)cccc12)c1c(Br)c(Br)c(Br)c2c(Br)cccc12. The van der Waals surface area contributed by atoms with Crippen LogP contribution >= 0.6 is 127 Å². The summed E-state index contributed by atoms with van der Waals surface area (Å²) in [7, 11) is 0. The molecule has 168 valence electrons. The van der Waals surface area contributed by atoms with Gasteiger partial charge in [-0.25, -0.2) is 9.59 Å². The van der Waals surface area contributed by atoms with E-state index < -0.39 is 11.9 Å². The quantitative estimate of drug-likeness (QED) is 0.114. The molecule has 0 unspecified atom stereocenters. The van der Waals surface area contributed by atoms with Crippen molar-refractivity contribution in [2.75, 3.05) is 0 Å². The van der Waals surface area contributed by atoms with Gasteiger partial charge in [-0.15, -0.1) is 0 Å². The van der Waals surface area contributed by atoms with Crippen LogP contribution in [0.5, 0.6) is 0 Å². The number of carbonyl (C=O) groups excluding carboxylic acids is 2. The highest BCUT2D eigenvalue weighted by Gasteiger charge is 2.28. The number of carbonyl (C=O) groups is 2. The van der Waals surface area contributed by atoms with Crippen molar-refractivity contribution < 1.29 is 14.3 Å². The summed E-state index contributed by atoms with van der Waals surface area (Å²) in [6.45, 7) is 0. The van der Waals surface area contributed by atoms with E-state index in [1.54, 1.807) is 12.1 Å². The minimum atomic E-state index is -0.780. The molecule has 0 saturated carbocycles. The molecule has 0 fully saturated rings. The summed E-state index contributed by atoms with van der Waals surface area (Å²) in [6, 6.07) is 10.9. The fraction of sp³-hybridized carbons (Fsp3) is 0. The first-order valence-electron chi connectivity index (χ1n) is 8.82. The predicted octanol–water partition coefficient (Wildman–Crippen LogP) is 11.1. The molecule has 0 spiro atoms. The van der Waals surface area contributed by atoms with E-state index in [0.29, 0.717) is 28.7 Å². The zero-order valence-electron chi connectivity index (χ0n) is 15.7. The molecule has 0 heterocycles. The lowest BCUT2D eigenvalue weighted by Crippen LogP contribution is -2.15. The first-order valence-corrected chi connectivity index (χ1v) is 15.2. The monoisotopic (exact) mass is 949 g/mol. The number of benzene rings is 4. The molecule has 0 radical (unpaired) electrons. The maximum absolute atomic E-state index is 13.3. The average molecular weight is 958 g/mol. The van der Waals surface area contributed by atoms with Gasteiger partial charge in [0.05, 0.1) is 11.1 Å². The fourth-order valence-corrected chi connectivity index (χ4v) is 8.75. The summed E-state index contributed by atoms with van der Waals surface area (Å²) in [6.07, 6.45) is 0. The largest absolute Gasteiger partial charge is 0.386 e. The second-order valence-corrected chi connectivity index (χ2v) is 13.1. The number of halogens is 8. The highest BCUT2D eigenvalue weighted by molar-refractivity contribution is 9.15. The highest BCUT2D eigenvalue weighted by Crippen LogP contribution is 2.45. The Balaban J connectivity index is 1.88. The summed E-state index contributed by atoms with van der Waals surface area (Å²) in [4.78, 5) is 26.7. The van der Waals surface area contributed by atoms with Gasteiger partial charge in [-0.1, -0.05) is 56.1 Å². The normalized spacial score (nSPS) is 11.3. The number of ether oxygens (including phenoxy) is 1. The van der Waals surface area contributed by atoms with Crippen LogP contribution in [0.25, 0.3) is 21.5 Å². The van der Waals surface area contributed by atoms with Gasteiger partial charge in [0.1, 0.15) is 0 Å². The van der Waals surface area contributed by atoms with Gasteiger partial charge < -0.3 is 4.74 Å². The van der Waals surface area contributed by atoms with Gasteiger partial charge in [-0.2, -0.15) is 0 Å². The molecule has 3 nitrogen and oxygen atoms in total. The first kappa shape index (κ1) is 26.4. The third-order valence-electron chi connectivity index (χ3n) is 4.81. The molecule has 0 aliphatic carbocycles. The average Bonchev–Trinajstić information content (AvgIpc) is 2.76. The highest BCUT2D eigenvalue weighted by atomic mass is 79.9. The van der Waals surface area contributed by atoms with E-state index in [2.05, 4.69) is 127 Å². The first-order chi connectivity index (χ1) is 15.6. The third-order valence-corrected chi connectivity index (χ3v) is 13.0. The Hall–Kier alpha value is 0.380. The molecule has 4 rings (SSSR count). The van der Waals surface area contributed by atoms with Crippen LogP contribution < -0.4 is 0 Å². The van der Waals surface area contributed by atoms with Crippen LogP contribution in [0.3, 0.4) is 0 Å². The summed E-state index contributed by atoms with van der Waals surface area (Å²) in [5.74, 6) is -1.56. The van der Waals surface area contributed by atoms with Crippen LogP contribution in [0.15, 0.2) is 72.2 Å². The molecule has 0 aliphatic heterocycles. The van der Waals surface area contributed by atoms with Gasteiger partial charge >= 0.3 is 11.9 Å². The lowest BCUT2D eigenvalue weighted by atomic mass is 10.0. The number of hydrogen-bond donors (Lipinski definition) is 0. The summed E-state index contributed by atoms with van der Waals surface area (Å²) in [5.41, 5.74) is 0.458. The maximum atomic E-state index is 13.3. The second kappa shape index (κ2) is 10.4. The van der Waals surface area contributed by atoms with E-state index >= 15 is 0 Å². The van der Waals surface area contributed by atoms with Crippen LogP contribution in [-0.2, 0) is 4.74 Å². The van der Waals surface area contributed by atoms with Crippen molar-refractivity contribution in [3.63, 3.8) is 0 Å². The number of rotatable bonds is 2. The minimum Gasteiger partial charge on any atom is -0.386 e. The number of esters is 2. The van der Waals surface area contributed by atoms with E-state index in [9.17, 15) is 9.59 Å². The molecule has 0 saturated heterocycles. The Bertz CT molecular complexity index is 1400. The van der Waals surface area contributed by atoms with Crippen molar-refractivity contribution in [3.05, 3.63) is 83.3 Å². The molecule has 0 bridgehead atoms. The lowest BCUT2D eigenvalue weighted by Gasteiger charge is -2.16. The minimum absolute atomic E-state index is 0.229. The van der Waals surface area contributed by atoms with Crippen LogP contribution in [0, 0.1) is 0 Å². The lowest BCUT2D eigenvalue weighted by molar-refractivity contribution is 0.0399. The van der Waals surface area contributed by atoms with Crippen LogP contribution in [-0.4, -0.2) is 11.9 Å².